The molecule has 1 saturated carbocycles. The average molecular weight is 494 g/mol. The number of nitrogens with zero attached hydrogens (tertiary/aromatic N) is 6. The summed E-state index contributed by atoms with van der Waals surface area (Å²) in [7, 11) is 2.16. The van der Waals surface area contributed by atoms with Crippen molar-refractivity contribution in [2.45, 2.75) is 12.8 Å². The van der Waals surface area contributed by atoms with Crippen LogP contribution < -0.4 is 10.2 Å². The molecule has 2 fully saturated rings. The lowest BCUT2D eigenvalue weighted by molar-refractivity contribution is -0.117. The van der Waals surface area contributed by atoms with Crippen LogP contribution in [0.15, 0.2) is 49.1 Å². The first kappa shape index (κ1) is 21.9. The van der Waals surface area contributed by atoms with Gasteiger partial charge in [-0.05, 0) is 44.2 Å². The van der Waals surface area contributed by atoms with Crippen LogP contribution in [0.3, 0.4) is 0 Å². The standard InChI is InChI=1S/C27H27N9O/c1-35-6-8-36(9-7-35)24-4-5-29-26-20(24)12-22(32-26)25-19-11-21(30-15-23(19)33-34-25)17-10-18(14-28-13-17)31-27(37)16-2-3-16/h4-5,10-16H,2-3,6-9H2,1H3,(H,29,32)(H,31,37)(H,33,34). The van der Waals surface area contributed by atoms with Crippen LogP contribution in [0.4, 0.5) is 11.4 Å². The van der Waals surface area contributed by atoms with Gasteiger partial charge in [-0.2, -0.15) is 5.10 Å². The van der Waals surface area contributed by atoms with Crippen LogP contribution in [0.1, 0.15) is 12.8 Å². The molecule has 3 N–H and O–H groups in total. The van der Waals surface area contributed by atoms with Gasteiger partial charge in [-0.3, -0.25) is 19.9 Å². The molecule has 1 amide bonds. The number of hydrogen-bond donors (Lipinski definition) is 3. The Morgan fingerprint density at radius 3 is 2.73 bits per heavy atom. The van der Waals surface area contributed by atoms with Crippen molar-refractivity contribution >= 4 is 39.2 Å². The van der Waals surface area contributed by atoms with Crippen molar-refractivity contribution in [2.24, 2.45) is 5.92 Å². The number of rotatable bonds is 5. The molecular formula is C27H27N9O. The van der Waals surface area contributed by atoms with Gasteiger partial charge in [0.05, 0.1) is 35.0 Å². The number of aromatic nitrogens is 6. The first-order valence-electron chi connectivity index (χ1n) is 12.6. The van der Waals surface area contributed by atoms with Gasteiger partial charge in [0.25, 0.3) is 0 Å². The van der Waals surface area contributed by atoms with Crippen molar-refractivity contribution in [3.05, 3.63) is 49.1 Å². The predicted molar refractivity (Wildman–Crippen MR) is 143 cm³/mol. The molecule has 0 radical (unpaired) electrons. The second-order valence-corrected chi connectivity index (χ2v) is 9.98. The van der Waals surface area contributed by atoms with Gasteiger partial charge >= 0.3 is 0 Å². The van der Waals surface area contributed by atoms with Gasteiger partial charge in [0.15, 0.2) is 0 Å². The number of anilines is 2. The fourth-order valence-electron chi connectivity index (χ4n) is 4.98. The third kappa shape index (κ3) is 4.09. The Labute approximate surface area is 213 Å². The number of likely N-dealkylation sites (N-methyl/N-ethyl adjacent to an activating group) is 1. The normalized spacial score (nSPS) is 16.5. The molecule has 186 valence electrons. The smallest absolute Gasteiger partial charge is 0.227 e. The lowest BCUT2D eigenvalue weighted by Gasteiger charge is -2.34. The fourth-order valence-corrected chi connectivity index (χ4v) is 4.98. The van der Waals surface area contributed by atoms with Crippen LogP contribution in [0.2, 0.25) is 0 Å². The summed E-state index contributed by atoms with van der Waals surface area (Å²) in [5.74, 6) is 0.192. The quantitative estimate of drug-likeness (QED) is 0.342. The zero-order valence-electron chi connectivity index (χ0n) is 20.5. The van der Waals surface area contributed by atoms with E-state index >= 15 is 0 Å². The number of carbonyl (C=O) groups excluding carboxylic acids is 1. The highest BCUT2D eigenvalue weighted by atomic mass is 16.2. The number of piperazine rings is 1. The zero-order chi connectivity index (χ0) is 24.9. The highest BCUT2D eigenvalue weighted by molar-refractivity contribution is 5.99. The summed E-state index contributed by atoms with van der Waals surface area (Å²) in [5.41, 5.74) is 6.87. The Bertz CT molecular complexity index is 1630. The maximum absolute atomic E-state index is 12.2. The molecule has 6 heterocycles. The molecule has 0 atom stereocenters. The van der Waals surface area contributed by atoms with Crippen LogP contribution in [-0.2, 0) is 4.79 Å². The number of fused-ring (bicyclic) bond motifs is 2. The van der Waals surface area contributed by atoms with Crippen molar-refractivity contribution in [1.29, 1.82) is 0 Å². The summed E-state index contributed by atoms with van der Waals surface area (Å²) >= 11 is 0. The highest BCUT2D eigenvalue weighted by Gasteiger charge is 2.29. The van der Waals surface area contributed by atoms with Gasteiger partial charge in [-0.1, -0.05) is 0 Å². The van der Waals surface area contributed by atoms with E-state index in [1.807, 2.05) is 18.3 Å². The molecule has 10 heteroatoms. The van der Waals surface area contributed by atoms with Crippen molar-refractivity contribution in [2.75, 3.05) is 43.4 Å². The molecule has 1 aliphatic heterocycles. The van der Waals surface area contributed by atoms with E-state index in [-0.39, 0.29) is 11.8 Å². The van der Waals surface area contributed by atoms with E-state index in [1.165, 1.54) is 5.69 Å². The Balaban J connectivity index is 1.24. The Hall–Kier alpha value is -4.31. The highest BCUT2D eigenvalue weighted by Crippen LogP contribution is 2.34. The van der Waals surface area contributed by atoms with E-state index in [1.54, 1.807) is 18.6 Å². The van der Waals surface area contributed by atoms with E-state index < -0.39 is 0 Å². The van der Waals surface area contributed by atoms with Crippen LogP contribution in [0.5, 0.6) is 0 Å². The molecular weight excluding hydrogens is 466 g/mol. The predicted octanol–water partition coefficient (Wildman–Crippen LogP) is 3.66. The van der Waals surface area contributed by atoms with E-state index in [4.69, 9.17) is 0 Å². The van der Waals surface area contributed by atoms with Crippen LogP contribution in [0, 0.1) is 5.92 Å². The van der Waals surface area contributed by atoms with Crippen LogP contribution >= 0.6 is 0 Å². The lowest BCUT2D eigenvalue weighted by atomic mass is 10.1. The summed E-state index contributed by atoms with van der Waals surface area (Å²) in [6, 6.07) is 8.16. The average Bonchev–Trinajstić information content (AvgIpc) is 3.55. The number of amides is 1. The van der Waals surface area contributed by atoms with Gasteiger partial charge in [0.2, 0.25) is 5.91 Å². The Kier molecular flexibility index (Phi) is 5.14. The fraction of sp³-hybridized carbons (Fsp3) is 0.296. The van der Waals surface area contributed by atoms with E-state index in [0.717, 1.165) is 83.6 Å². The van der Waals surface area contributed by atoms with E-state index in [2.05, 4.69) is 64.4 Å². The Morgan fingerprint density at radius 2 is 1.89 bits per heavy atom. The third-order valence-corrected chi connectivity index (χ3v) is 7.30. The van der Waals surface area contributed by atoms with Gasteiger partial charge in [-0.15, -0.1) is 0 Å². The van der Waals surface area contributed by atoms with Crippen LogP contribution in [0.25, 0.3) is 44.6 Å². The topological polar surface area (TPSA) is 119 Å². The summed E-state index contributed by atoms with van der Waals surface area (Å²) < 4.78 is 0. The molecule has 0 spiro atoms. The van der Waals surface area contributed by atoms with Gasteiger partial charge < -0.3 is 20.1 Å². The summed E-state index contributed by atoms with van der Waals surface area (Å²) in [4.78, 5) is 34.0. The van der Waals surface area contributed by atoms with Crippen molar-refractivity contribution in [3.63, 3.8) is 0 Å². The minimum absolute atomic E-state index is 0.0582. The van der Waals surface area contributed by atoms with E-state index in [0.29, 0.717) is 5.69 Å². The van der Waals surface area contributed by atoms with Gasteiger partial charge in [0, 0.05) is 66.5 Å². The van der Waals surface area contributed by atoms with E-state index in [9.17, 15) is 4.79 Å². The minimum Gasteiger partial charge on any atom is -0.368 e. The number of nitrogens with one attached hydrogen (secondary N) is 3. The monoisotopic (exact) mass is 493 g/mol. The zero-order valence-corrected chi connectivity index (χ0v) is 20.5. The van der Waals surface area contributed by atoms with Gasteiger partial charge in [-0.25, -0.2) is 4.98 Å². The number of H-pyrrole nitrogens is 2. The van der Waals surface area contributed by atoms with Crippen molar-refractivity contribution in [1.82, 2.24) is 35.0 Å². The second-order valence-electron chi connectivity index (χ2n) is 9.98. The Morgan fingerprint density at radius 1 is 1.03 bits per heavy atom. The maximum Gasteiger partial charge on any atom is 0.227 e. The number of hydrogen-bond acceptors (Lipinski definition) is 7. The molecule has 1 saturated heterocycles. The molecule has 0 bridgehead atoms. The van der Waals surface area contributed by atoms with Crippen molar-refractivity contribution < 1.29 is 4.79 Å². The second kappa shape index (κ2) is 8.67. The lowest BCUT2D eigenvalue weighted by Crippen LogP contribution is -2.44. The minimum atomic E-state index is 0.0582. The first-order valence-corrected chi connectivity index (χ1v) is 12.6. The number of carbonyl (C=O) groups is 1. The molecule has 10 nitrogen and oxygen atoms in total. The SMILES string of the molecule is CN1CCN(c2ccnc3[nH]c(-c4n[nH]c5cnc(-c6cncc(NC(=O)C7CC7)c6)cc45)cc23)CC1. The molecule has 5 aromatic rings. The maximum atomic E-state index is 12.2. The largest absolute Gasteiger partial charge is 0.368 e. The van der Waals surface area contributed by atoms with Gasteiger partial charge in [0.1, 0.15) is 11.3 Å². The molecule has 7 rings (SSSR count). The molecule has 2 aliphatic rings. The molecule has 5 aromatic heterocycles. The molecule has 37 heavy (non-hydrogen) atoms. The summed E-state index contributed by atoms with van der Waals surface area (Å²) in [5, 5.41) is 12.7. The molecule has 1 aliphatic carbocycles. The number of aromatic amines is 2. The third-order valence-electron chi connectivity index (χ3n) is 7.30. The van der Waals surface area contributed by atoms with Crippen molar-refractivity contribution in [3.8, 4) is 22.6 Å². The molecule has 0 aromatic carbocycles. The first-order chi connectivity index (χ1) is 18.1. The summed E-state index contributed by atoms with van der Waals surface area (Å²) in [6.45, 7) is 4.07. The van der Waals surface area contributed by atoms with Crippen LogP contribution in [-0.4, -0.2) is 74.2 Å². The number of pyridine rings is 3. The molecule has 0 unspecified atom stereocenters. The summed E-state index contributed by atoms with van der Waals surface area (Å²) in [6.07, 6.45) is 8.99.